The molecule has 0 spiro atoms. The summed E-state index contributed by atoms with van der Waals surface area (Å²) in [5.41, 5.74) is 0.384. The van der Waals surface area contributed by atoms with Crippen LogP contribution in [0.2, 0.25) is 0 Å². The van der Waals surface area contributed by atoms with Crippen molar-refractivity contribution in [1.29, 1.82) is 0 Å². The number of hydrogen-bond donors (Lipinski definition) is 1. The van der Waals surface area contributed by atoms with Crippen LogP contribution in [0.1, 0.15) is 18.9 Å². The highest BCUT2D eigenvalue weighted by Crippen LogP contribution is 2.25. The van der Waals surface area contributed by atoms with Gasteiger partial charge in [-0.05, 0) is 49.4 Å². The normalized spacial score (nSPS) is 11.7. The first-order valence-electron chi connectivity index (χ1n) is 9.10. The predicted molar refractivity (Wildman–Crippen MR) is 111 cm³/mol. The molecule has 0 radical (unpaired) electrons. The van der Waals surface area contributed by atoms with Gasteiger partial charge in [0.05, 0.1) is 5.75 Å². The van der Waals surface area contributed by atoms with Gasteiger partial charge in [-0.15, -0.1) is 16.8 Å². The van der Waals surface area contributed by atoms with E-state index in [2.05, 4.69) is 22.1 Å². The summed E-state index contributed by atoms with van der Waals surface area (Å²) in [7, 11) is 0. The van der Waals surface area contributed by atoms with Crippen LogP contribution < -0.4 is 10.1 Å². The molecule has 2 aromatic carbocycles. The van der Waals surface area contributed by atoms with Crippen LogP contribution in [0.15, 0.2) is 66.3 Å². The molecule has 156 valence electrons. The maximum absolute atomic E-state index is 13.2. The monoisotopic (exact) mass is 430 g/mol. The topological polar surface area (TPSA) is 69.0 Å². The fourth-order valence-electron chi connectivity index (χ4n) is 2.67. The van der Waals surface area contributed by atoms with Crippen molar-refractivity contribution in [3.8, 4) is 5.75 Å². The Balaban J connectivity index is 1.66. The number of anilines is 1. The number of allylic oxidation sites excluding steroid dienone is 1. The number of thioether (sulfide) groups is 1. The fourth-order valence-corrected chi connectivity index (χ4v) is 3.43. The molecule has 1 unspecified atom stereocenters. The quantitative estimate of drug-likeness (QED) is 0.397. The largest absolute Gasteiger partial charge is 0.483 e. The first-order chi connectivity index (χ1) is 14.5. The van der Waals surface area contributed by atoms with Gasteiger partial charge in [0, 0.05) is 12.2 Å². The molecule has 1 atom stereocenters. The summed E-state index contributed by atoms with van der Waals surface area (Å²) < 4.78 is 33.9. The zero-order valence-electron chi connectivity index (χ0n) is 16.2. The van der Waals surface area contributed by atoms with E-state index in [0.29, 0.717) is 29.0 Å². The second-order valence-electron chi connectivity index (χ2n) is 6.30. The average molecular weight is 430 g/mol. The van der Waals surface area contributed by atoms with Gasteiger partial charge in [0.15, 0.2) is 17.1 Å². The van der Waals surface area contributed by atoms with Crippen molar-refractivity contribution in [2.45, 2.75) is 24.7 Å². The number of hydrogen-bond acceptors (Lipinski definition) is 5. The Kier molecular flexibility index (Phi) is 7.18. The van der Waals surface area contributed by atoms with Crippen LogP contribution in [0.4, 0.5) is 14.5 Å². The van der Waals surface area contributed by atoms with Crippen molar-refractivity contribution in [3.05, 3.63) is 78.6 Å². The molecular weight excluding hydrogens is 410 g/mol. The summed E-state index contributed by atoms with van der Waals surface area (Å²) in [6.45, 7) is 5.97. The third-order valence-corrected chi connectivity index (χ3v) is 4.95. The fraction of sp³-hybridized carbons (Fsp3) is 0.190. The van der Waals surface area contributed by atoms with Crippen LogP contribution in [0, 0.1) is 11.6 Å². The maximum Gasteiger partial charge on any atom is 0.234 e. The molecule has 3 aromatic rings. The molecule has 1 N–H and O–H groups in total. The van der Waals surface area contributed by atoms with Crippen molar-refractivity contribution < 1.29 is 18.3 Å². The van der Waals surface area contributed by atoms with Gasteiger partial charge >= 0.3 is 0 Å². The number of rotatable bonds is 9. The Labute approximate surface area is 177 Å². The summed E-state index contributed by atoms with van der Waals surface area (Å²) in [4.78, 5) is 12.2. The number of ether oxygens (including phenoxy) is 1. The predicted octanol–water partition coefficient (Wildman–Crippen LogP) is 4.61. The molecule has 0 fully saturated rings. The average Bonchev–Trinajstić information content (AvgIpc) is 3.11. The van der Waals surface area contributed by atoms with Gasteiger partial charge in [0.25, 0.3) is 0 Å². The molecule has 1 heterocycles. The second-order valence-corrected chi connectivity index (χ2v) is 7.24. The molecule has 0 aliphatic rings. The third-order valence-electron chi connectivity index (χ3n) is 3.99. The second kappa shape index (κ2) is 10.0. The summed E-state index contributed by atoms with van der Waals surface area (Å²) >= 11 is 1.20. The Morgan fingerprint density at radius 1 is 1.23 bits per heavy atom. The van der Waals surface area contributed by atoms with E-state index in [9.17, 15) is 13.6 Å². The van der Waals surface area contributed by atoms with Gasteiger partial charge in [0.2, 0.25) is 5.91 Å². The summed E-state index contributed by atoms with van der Waals surface area (Å²) in [6.07, 6.45) is 1.23. The molecule has 0 bridgehead atoms. The van der Waals surface area contributed by atoms with Crippen LogP contribution in [0.25, 0.3) is 0 Å². The van der Waals surface area contributed by atoms with E-state index in [1.807, 2.05) is 0 Å². The summed E-state index contributed by atoms with van der Waals surface area (Å²) in [5.74, 6) is 0.0498. The minimum absolute atomic E-state index is 0.0684. The molecule has 9 heteroatoms. The number of carbonyl (C=O) groups excluding carboxylic acids is 1. The molecule has 0 saturated carbocycles. The SMILES string of the molecule is C=CCn1c(SCC(=O)Nc2cccc(F)c2)nnc1C(C)Oc1ccc(F)cc1. The highest BCUT2D eigenvalue weighted by atomic mass is 32.2. The standard InChI is InChI=1S/C21H20F2N4O2S/c1-3-11-27-20(14(2)29-18-9-7-15(22)8-10-18)25-26-21(27)30-13-19(28)24-17-6-4-5-16(23)12-17/h3-10,12,14H,1,11,13H2,2H3,(H,24,28). The maximum atomic E-state index is 13.2. The number of aromatic nitrogens is 3. The smallest absolute Gasteiger partial charge is 0.234 e. The van der Waals surface area contributed by atoms with Gasteiger partial charge in [-0.2, -0.15) is 0 Å². The molecule has 30 heavy (non-hydrogen) atoms. The Morgan fingerprint density at radius 2 is 2.00 bits per heavy atom. The van der Waals surface area contributed by atoms with Crippen LogP contribution in [-0.2, 0) is 11.3 Å². The minimum Gasteiger partial charge on any atom is -0.483 e. The van der Waals surface area contributed by atoms with Crippen LogP contribution in [-0.4, -0.2) is 26.4 Å². The van der Waals surface area contributed by atoms with Gasteiger partial charge in [0.1, 0.15) is 17.4 Å². The van der Waals surface area contributed by atoms with Gasteiger partial charge in [-0.3, -0.25) is 9.36 Å². The number of halogens is 2. The van der Waals surface area contributed by atoms with E-state index in [4.69, 9.17) is 4.74 Å². The molecule has 0 saturated heterocycles. The van der Waals surface area contributed by atoms with E-state index in [1.54, 1.807) is 23.6 Å². The van der Waals surface area contributed by atoms with E-state index in [-0.39, 0.29) is 17.5 Å². The van der Waals surface area contributed by atoms with Crippen LogP contribution >= 0.6 is 11.8 Å². The van der Waals surface area contributed by atoms with Crippen LogP contribution in [0.5, 0.6) is 5.75 Å². The molecule has 3 rings (SSSR count). The zero-order chi connectivity index (χ0) is 21.5. The lowest BCUT2D eigenvalue weighted by molar-refractivity contribution is -0.113. The summed E-state index contributed by atoms with van der Waals surface area (Å²) in [5, 5.41) is 11.5. The lowest BCUT2D eigenvalue weighted by atomic mass is 10.3. The lowest BCUT2D eigenvalue weighted by Crippen LogP contribution is -2.15. The summed E-state index contributed by atoms with van der Waals surface area (Å²) in [6, 6.07) is 11.4. The number of benzene rings is 2. The van der Waals surface area contributed by atoms with Gasteiger partial charge in [-0.1, -0.05) is 23.9 Å². The molecule has 0 aliphatic heterocycles. The van der Waals surface area contributed by atoms with E-state index in [0.717, 1.165) is 0 Å². The Morgan fingerprint density at radius 3 is 2.70 bits per heavy atom. The van der Waals surface area contributed by atoms with Gasteiger partial charge < -0.3 is 10.1 Å². The highest BCUT2D eigenvalue weighted by Gasteiger charge is 2.20. The van der Waals surface area contributed by atoms with Crippen LogP contribution in [0.3, 0.4) is 0 Å². The number of carbonyl (C=O) groups is 1. The Bertz CT molecular complexity index is 1020. The van der Waals surface area contributed by atoms with Gasteiger partial charge in [-0.25, -0.2) is 8.78 Å². The van der Waals surface area contributed by atoms with E-state index in [1.165, 1.54) is 54.2 Å². The Hall–Kier alpha value is -3.20. The number of nitrogens with zero attached hydrogens (tertiary/aromatic N) is 3. The lowest BCUT2D eigenvalue weighted by Gasteiger charge is -2.15. The zero-order valence-corrected chi connectivity index (χ0v) is 17.0. The van der Waals surface area contributed by atoms with Crippen molar-refractivity contribution in [3.63, 3.8) is 0 Å². The molecule has 1 aromatic heterocycles. The van der Waals surface area contributed by atoms with Crippen molar-refractivity contribution in [2.24, 2.45) is 0 Å². The molecule has 1 amide bonds. The highest BCUT2D eigenvalue weighted by molar-refractivity contribution is 7.99. The van der Waals surface area contributed by atoms with E-state index >= 15 is 0 Å². The first kappa shape index (κ1) is 21.5. The third kappa shape index (κ3) is 5.66. The number of amides is 1. The van der Waals surface area contributed by atoms with Crippen molar-refractivity contribution >= 4 is 23.4 Å². The molecular formula is C21H20F2N4O2S. The van der Waals surface area contributed by atoms with Crippen molar-refractivity contribution in [1.82, 2.24) is 14.8 Å². The first-order valence-corrected chi connectivity index (χ1v) is 10.1. The molecule has 0 aliphatic carbocycles. The van der Waals surface area contributed by atoms with E-state index < -0.39 is 11.9 Å². The molecule has 6 nitrogen and oxygen atoms in total. The number of nitrogens with one attached hydrogen (secondary N) is 1. The minimum atomic E-state index is -0.460. The van der Waals surface area contributed by atoms with Crippen molar-refractivity contribution in [2.75, 3.05) is 11.1 Å².